The van der Waals surface area contributed by atoms with Crippen LogP contribution in [-0.4, -0.2) is 36.6 Å². The molecule has 0 aromatic rings. The predicted octanol–water partition coefficient (Wildman–Crippen LogP) is 2.39. The smallest absolute Gasteiger partial charge is 0.00966 e. The first-order valence-corrected chi connectivity index (χ1v) is 6.72. The lowest BCUT2D eigenvalue weighted by Crippen LogP contribution is -2.48. The molecule has 2 fully saturated rings. The van der Waals surface area contributed by atoms with Crippen molar-refractivity contribution in [2.45, 2.75) is 70.0 Å². The predicted molar refractivity (Wildman–Crippen MR) is 65.1 cm³/mol. The van der Waals surface area contributed by atoms with Gasteiger partial charge in [0, 0.05) is 18.1 Å². The van der Waals surface area contributed by atoms with Gasteiger partial charge in [-0.15, -0.1) is 0 Å². The Kier molecular flexibility index (Phi) is 4.04. The molecule has 1 heterocycles. The lowest BCUT2D eigenvalue weighted by molar-refractivity contribution is 0.157. The molecule has 0 aromatic heterocycles. The first kappa shape index (κ1) is 11.4. The van der Waals surface area contributed by atoms with Gasteiger partial charge in [0.1, 0.15) is 0 Å². The van der Waals surface area contributed by atoms with E-state index in [-0.39, 0.29) is 0 Å². The van der Waals surface area contributed by atoms with Crippen molar-refractivity contribution in [2.24, 2.45) is 0 Å². The van der Waals surface area contributed by atoms with Crippen LogP contribution >= 0.6 is 0 Å². The van der Waals surface area contributed by atoms with Gasteiger partial charge in [0.2, 0.25) is 0 Å². The van der Waals surface area contributed by atoms with Crippen LogP contribution in [0.2, 0.25) is 0 Å². The van der Waals surface area contributed by atoms with E-state index in [2.05, 4.69) is 24.2 Å². The zero-order valence-electron chi connectivity index (χ0n) is 10.3. The SMILES string of the molecule is CC1CC(NC2CCCCC2)CCN1C. The molecule has 15 heavy (non-hydrogen) atoms. The molecule has 88 valence electrons. The van der Waals surface area contributed by atoms with E-state index in [1.54, 1.807) is 0 Å². The molecule has 0 radical (unpaired) electrons. The van der Waals surface area contributed by atoms with Crippen LogP contribution in [0.5, 0.6) is 0 Å². The lowest BCUT2D eigenvalue weighted by atomic mass is 9.92. The summed E-state index contributed by atoms with van der Waals surface area (Å²) < 4.78 is 0. The fraction of sp³-hybridized carbons (Fsp3) is 1.00. The number of nitrogens with zero attached hydrogens (tertiary/aromatic N) is 1. The molecule has 1 aliphatic carbocycles. The van der Waals surface area contributed by atoms with Crippen LogP contribution in [0.3, 0.4) is 0 Å². The van der Waals surface area contributed by atoms with Crippen molar-refractivity contribution in [3.05, 3.63) is 0 Å². The van der Waals surface area contributed by atoms with Gasteiger partial charge >= 0.3 is 0 Å². The second-order valence-electron chi connectivity index (χ2n) is 5.55. The summed E-state index contributed by atoms with van der Waals surface area (Å²) in [7, 11) is 2.25. The molecule has 0 bridgehead atoms. The third-order valence-corrected chi connectivity index (χ3v) is 4.28. The Bertz CT molecular complexity index is 187. The summed E-state index contributed by atoms with van der Waals surface area (Å²) in [4.78, 5) is 2.49. The highest BCUT2D eigenvalue weighted by Crippen LogP contribution is 2.21. The number of hydrogen-bond donors (Lipinski definition) is 1. The number of piperidine rings is 1. The topological polar surface area (TPSA) is 15.3 Å². The summed E-state index contributed by atoms with van der Waals surface area (Å²) in [5.74, 6) is 0. The summed E-state index contributed by atoms with van der Waals surface area (Å²) in [6.07, 6.45) is 9.87. The monoisotopic (exact) mass is 210 g/mol. The van der Waals surface area contributed by atoms with E-state index in [4.69, 9.17) is 0 Å². The Hall–Kier alpha value is -0.0800. The normalized spacial score (nSPS) is 35.6. The average Bonchev–Trinajstić information content (AvgIpc) is 2.25. The Labute approximate surface area is 94.4 Å². The van der Waals surface area contributed by atoms with Gasteiger partial charge in [0.05, 0.1) is 0 Å². The van der Waals surface area contributed by atoms with E-state index < -0.39 is 0 Å². The van der Waals surface area contributed by atoms with Gasteiger partial charge < -0.3 is 10.2 Å². The molecule has 2 rings (SSSR count). The molecular formula is C13H26N2. The minimum Gasteiger partial charge on any atom is -0.311 e. The minimum absolute atomic E-state index is 0.764. The van der Waals surface area contributed by atoms with Crippen molar-refractivity contribution in [3.8, 4) is 0 Å². The Morgan fingerprint density at radius 2 is 1.73 bits per heavy atom. The van der Waals surface area contributed by atoms with Gasteiger partial charge in [0.25, 0.3) is 0 Å². The van der Waals surface area contributed by atoms with E-state index >= 15 is 0 Å². The fourth-order valence-electron chi connectivity index (χ4n) is 3.04. The highest BCUT2D eigenvalue weighted by atomic mass is 15.1. The van der Waals surface area contributed by atoms with Crippen LogP contribution in [0.4, 0.5) is 0 Å². The van der Waals surface area contributed by atoms with E-state index in [0.29, 0.717) is 0 Å². The first-order chi connectivity index (χ1) is 7.25. The van der Waals surface area contributed by atoms with Crippen molar-refractivity contribution in [1.82, 2.24) is 10.2 Å². The molecule has 2 unspecified atom stereocenters. The Morgan fingerprint density at radius 3 is 2.40 bits per heavy atom. The van der Waals surface area contributed by atoms with E-state index in [0.717, 1.165) is 18.1 Å². The summed E-state index contributed by atoms with van der Waals surface area (Å²) in [5.41, 5.74) is 0. The second kappa shape index (κ2) is 5.31. The maximum Gasteiger partial charge on any atom is 0.00966 e. The van der Waals surface area contributed by atoms with E-state index in [1.165, 1.54) is 51.5 Å². The van der Waals surface area contributed by atoms with Gasteiger partial charge in [-0.1, -0.05) is 19.3 Å². The molecule has 1 saturated heterocycles. The molecular weight excluding hydrogens is 184 g/mol. The molecule has 0 aromatic carbocycles. The van der Waals surface area contributed by atoms with Gasteiger partial charge in [-0.2, -0.15) is 0 Å². The lowest BCUT2D eigenvalue weighted by Gasteiger charge is -2.38. The van der Waals surface area contributed by atoms with Crippen LogP contribution in [0.25, 0.3) is 0 Å². The molecule has 2 nitrogen and oxygen atoms in total. The molecule has 2 aliphatic rings. The van der Waals surface area contributed by atoms with E-state index in [1.807, 2.05) is 0 Å². The van der Waals surface area contributed by atoms with Crippen LogP contribution in [0.15, 0.2) is 0 Å². The van der Waals surface area contributed by atoms with Crippen LogP contribution in [-0.2, 0) is 0 Å². The summed E-state index contributed by atoms with van der Waals surface area (Å²) in [6.45, 7) is 3.63. The van der Waals surface area contributed by atoms with Crippen LogP contribution in [0.1, 0.15) is 51.9 Å². The average molecular weight is 210 g/mol. The highest BCUT2D eigenvalue weighted by Gasteiger charge is 2.25. The van der Waals surface area contributed by atoms with Crippen molar-refractivity contribution in [2.75, 3.05) is 13.6 Å². The Balaban J connectivity index is 1.74. The molecule has 1 aliphatic heterocycles. The van der Waals surface area contributed by atoms with Gasteiger partial charge in [-0.3, -0.25) is 0 Å². The highest BCUT2D eigenvalue weighted by molar-refractivity contribution is 4.84. The third-order valence-electron chi connectivity index (χ3n) is 4.28. The van der Waals surface area contributed by atoms with E-state index in [9.17, 15) is 0 Å². The van der Waals surface area contributed by atoms with Crippen molar-refractivity contribution in [3.63, 3.8) is 0 Å². The standard InChI is InChI=1S/C13H26N2/c1-11-10-13(8-9-15(11)2)14-12-6-4-3-5-7-12/h11-14H,3-10H2,1-2H3. The van der Waals surface area contributed by atoms with Crippen molar-refractivity contribution < 1.29 is 0 Å². The maximum atomic E-state index is 3.88. The van der Waals surface area contributed by atoms with Crippen LogP contribution in [0, 0.1) is 0 Å². The number of likely N-dealkylation sites (tertiary alicyclic amines) is 1. The molecule has 0 spiro atoms. The molecule has 1 saturated carbocycles. The van der Waals surface area contributed by atoms with Crippen molar-refractivity contribution in [1.29, 1.82) is 0 Å². The first-order valence-electron chi connectivity index (χ1n) is 6.72. The largest absolute Gasteiger partial charge is 0.311 e. The quantitative estimate of drug-likeness (QED) is 0.753. The summed E-state index contributed by atoms with van der Waals surface area (Å²) in [6, 6.07) is 2.39. The van der Waals surface area contributed by atoms with Crippen LogP contribution < -0.4 is 5.32 Å². The number of nitrogens with one attached hydrogen (secondary N) is 1. The van der Waals surface area contributed by atoms with Gasteiger partial charge in [0.15, 0.2) is 0 Å². The molecule has 0 amide bonds. The summed E-state index contributed by atoms with van der Waals surface area (Å²) in [5, 5.41) is 3.88. The zero-order chi connectivity index (χ0) is 10.7. The van der Waals surface area contributed by atoms with Gasteiger partial charge in [-0.25, -0.2) is 0 Å². The van der Waals surface area contributed by atoms with Crippen molar-refractivity contribution >= 4 is 0 Å². The molecule has 2 heteroatoms. The van der Waals surface area contributed by atoms with Gasteiger partial charge in [-0.05, 0) is 46.2 Å². The number of hydrogen-bond acceptors (Lipinski definition) is 2. The summed E-state index contributed by atoms with van der Waals surface area (Å²) >= 11 is 0. The Morgan fingerprint density at radius 1 is 1.00 bits per heavy atom. The zero-order valence-corrected chi connectivity index (χ0v) is 10.3. The fourth-order valence-corrected chi connectivity index (χ4v) is 3.04. The minimum atomic E-state index is 0.764. The molecule has 1 N–H and O–H groups in total. The third kappa shape index (κ3) is 3.18. The maximum absolute atomic E-state index is 3.88. The second-order valence-corrected chi connectivity index (χ2v) is 5.55. The number of rotatable bonds is 2. The molecule has 2 atom stereocenters.